The normalized spacial score (nSPS) is 11.8. The predicted molar refractivity (Wildman–Crippen MR) is 48.6 cm³/mol. The first-order valence-electron chi connectivity index (χ1n) is 3.93. The van der Waals surface area contributed by atoms with Crippen molar-refractivity contribution in [3.8, 4) is 6.26 Å². The summed E-state index contributed by atoms with van der Waals surface area (Å²) in [6.07, 6.45) is 2.34. The maximum atomic E-state index is 9.02. The zero-order chi connectivity index (χ0) is 9.61. The van der Waals surface area contributed by atoms with Crippen LogP contribution in [0.2, 0.25) is 0 Å². The molecule has 0 aliphatic heterocycles. The van der Waals surface area contributed by atoms with Crippen LogP contribution < -0.4 is 0 Å². The van der Waals surface area contributed by atoms with Gasteiger partial charge < -0.3 is 0 Å². The Bertz CT molecular complexity index is 206. The van der Waals surface area contributed by atoms with Crippen LogP contribution in [-0.2, 0) is 4.65 Å². The topological polar surface area (TPSA) is 53.2 Å². The number of aliphatic hydroxyl groups is 1. The molecule has 0 aromatic heterocycles. The summed E-state index contributed by atoms with van der Waals surface area (Å²) in [4.78, 5) is 0. The molecule has 1 N–H and O–H groups in total. The molecule has 0 atom stereocenters. The summed E-state index contributed by atoms with van der Waals surface area (Å²) in [5, 5.41) is 17.2. The van der Waals surface area contributed by atoms with Crippen molar-refractivity contribution in [3.63, 3.8) is 0 Å². The van der Waals surface area contributed by atoms with E-state index in [4.69, 9.17) is 10.4 Å². The van der Waals surface area contributed by atoms with E-state index in [1.165, 1.54) is 7.12 Å². The van der Waals surface area contributed by atoms with Crippen molar-refractivity contribution in [2.75, 3.05) is 6.61 Å². The number of rotatable bonds is 4. The molecule has 0 saturated heterocycles. The van der Waals surface area contributed by atoms with E-state index < -0.39 is 0 Å². The van der Waals surface area contributed by atoms with E-state index in [0.29, 0.717) is 0 Å². The van der Waals surface area contributed by atoms with E-state index in [1.54, 1.807) is 6.26 Å². The van der Waals surface area contributed by atoms with Gasteiger partial charge in [0.1, 0.15) is 0 Å². The molecule has 0 saturated carbocycles. The summed E-state index contributed by atoms with van der Waals surface area (Å²) in [5.41, 5.74) is 0.637. The summed E-state index contributed by atoms with van der Waals surface area (Å²) >= 11 is 0. The van der Waals surface area contributed by atoms with Gasteiger partial charge in [0.15, 0.2) is 0 Å². The quantitative estimate of drug-likeness (QED) is 0.495. The van der Waals surface area contributed by atoms with E-state index in [-0.39, 0.29) is 12.0 Å². The molecule has 0 heterocycles. The average Bonchev–Trinajstić information content (AvgIpc) is 2.05. The molecule has 0 bridgehead atoms. The Morgan fingerprint density at radius 2 is 2.25 bits per heavy atom. The monoisotopic (exact) mass is 167 g/mol. The summed E-state index contributed by atoms with van der Waals surface area (Å²) in [6, 6.07) is 0. The molecule has 0 aromatic rings. The zero-order valence-corrected chi connectivity index (χ0v) is 7.79. The second-order valence-electron chi connectivity index (χ2n) is 3.25. The first-order valence-corrected chi connectivity index (χ1v) is 3.93. The molecule has 4 heteroatoms. The van der Waals surface area contributed by atoms with Crippen LogP contribution >= 0.6 is 0 Å². The molecule has 3 nitrogen and oxygen atoms in total. The molecule has 0 radical (unpaired) electrons. The molecule has 0 rings (SSSR count). The molecule has 66 valence electrons. The van der Waals surface area contributed by atoms with Crippen LogP contribution in [0.4, 0.5) is 0 Å². The Kier molecular flexibility index (Phi) is 4.61. The average molecular weight is 167 g/mol. The van der Waals surface area contributed by atoms with Gasteiger partial charge in [-0.1, -0.05) is 0 Å². The molecule has 12 heavy (non-hydrogen) atoms. The van der Waals surface area contributed by atoms with E-state index >= 15 is 0 Å². The van der Waals surface area contributed by atoms with Crippen LogP contribution in [0, 0.1) is 16.9 Å². The second-order valence-corrected chi connectivity index (χ2v) is 3.25. The molecule has 0 aromatic carbocycles. The Labute approximate surface area is 73.9 Å². The second kappa shape index (κ2) is 4.94. The fraction of sp³-hybridized carbons (Fsp3) is 0.750. The molecule has 0 amide bonds. The Morgan fingerprint density at radius 1 is 1.67 bits per heavy atom. The fourth-order valence-corrected chi connectivity index (χ4v) is 0.920. The SMILES string of the molecule is CCC(=BOC#N)C(C)(C)CO. The van der Waals surface area contributed by atoms with Gasteiger partial charge in [-0.2, -0.15) is 0 Å². The van der Waals surface area contributed by atoms with Crippen LogP contribution in [0.5, 0.6) is 0 Å². The Balaban J connectivity index is 4.45. The van der Waals surface area contributed by atoms with Crippen LogP contribution in [0.3, 0.4) is 0 Å². The van der Waals surface area contributed by atoms with Gasteiger partial charge in [0.25, 0.3) is 0 Å². The van der Waals surface area contributed by atoms with Crippen LogP contribution in [0.1, 0.15) is 27.2 Å². The summed E-state index contributed by atoms with van der Waals surface area (Å²) in [6.45, 7) is 5.83. The number of nitriles is 1. The Hall–Kier alpha value is -0.815. The molecule has 0 aliphatic carbocycles. The van der Waals surface area contributed by atoms with Gasteiger partial charge in [0.05, 0.1) is 0 Å². The van der Waals surface area contributed by atoms with Gasteiger partial charge in [0.2, 0.25) is 0 Å². The van der Waals surface area contributed by atoms with Crippen molar-refractivity contribution in [2.24, 2.45) is 5.41 Å². The summed E-state index contributed by atoms with van der Waals surface area (Å²) < 4.78 is 4.51. The van der Waals surface area contributed by atoms with Gasteiger partial charge in [-0.25, -0.2) is 0 Å². The number of hydrogen-bond acceptors (Lipinski definition) is 3. The van der Waals surface area contributed by atoms with E-state index in [9.17, 15) is 0 Å². The number of aliphatic hydroxyl groups excluding tert-OH is 1. The van der Waals surface area contributed by atoms with Crippen LogP contribution in [0.15, 0.2) is 0 Å². The van der Waals surface area contributed by atoms with Gasteiger partial charge in [-0.05, 0) is 0 Å². The molecular formula is C8H14BNO2. The predicted octanol–water partition coefficient (Wildman–Crippen LogP) is 0.704. The van der Waals surface area contributed by atoms with E-state index in [1.807, 2.05) is 20.8 Å². The van der Waals surface area contributed by atoms with Crippen molar-refractivity contribution in [2.45, 2.75) is 27.2 Å². The first kappa shape index (κ1) is 11.2. The summed E-state index contributed by atoms with van der Waals surface area (Å²) in [5.74, 6) is 0. The van der Waals surface area contributed by atoms with E-state index in [2.05, 4.69) is 4.65 Å². The third kappa shape index (κ3) is 3.06. The third-order valence-electron chi connectivity index (χ3n) is 1.90. The van der Waals surface area contributed by atoms with Crippen molar-refractivity contribution in [3.05, 3.63) is 0 Å². The molecule has 0 unspecified atom stereocenters. The van der Waals surface area contributed by atoms with Gasteiger partial charge in [0, 0.05) is 0 Å². The first-order chi connectivity index (χ1) is 5.58. The van der Waals surface area contributed by atoms with Crippen LogP contribution in [-0.4, -0.2) is 24.3 Å². The van der Waals surface area contributed by atoms with Crippen molar-refractivity contribution in [1.82, 2.24) is 0 Å². The molecule has 0 spiro atoms. The van der Waals surface area contributed by atoms with Crippen LogP contribution in [0.25, 0.3) is 0 Å². The van der Waals surface area contributed by atoms with Crippen molar-refractivity contribution < 1.29 is 9.76 Å². The van der Waals surface area contributed by atoms with Crippen molar-refractivity contribution >= 4 is 12.6 Å². The summed E-state index contributed by atoms with van der Waals surface area (Å²) in [7, 11) is 1.41. The molecule has 0 aliphatic rings. The standard InChI is InChI=1S/C8H14BNO2/c1-4-7(9-12-6-10)8(2,3)5-11/h11H,4-5H2,1-3H3. The number of nitrogens with zero attached hydrogens (tertiary/aromatic N) is 1. The minimum atomic E-state index is -0.300. The van der Waals surface area contributed by atoms with E-state index in [0.717, 1.165) is 11.9 Å². The fourth-order valence-electron chi connectivity index (χ4n) is 0.920. The van der Waals surface area contributed by atoms with Gasteiger partial charge in [-0.15, -0.1) is 0 Å². The minimum absolute atomic E-state index is 0.0570. The van der Waals surface area contributed by atoms with Gasteiger partial charge in [-0.3, -0.25) is 0 Å². The number of hydrogen-bond donors (Lipinski definition) is 1. The zero-order valence-electron chi connectivity index (χ0n) is 7.79. The third-order valence-corrected chi connectivity index (χ3v) is 1.90. The maximum absolute atomic E-state index is 9.02. The van der Waals surface area contributed by atoms with Gasteiger partial charge >= 0.3 is 73.1 Å². The van der Waals surface area contributed by atoms with Crippen molar-refractivity contribution in [1.29, 1.82) is 5.26 Å². The molecule has 0 fully saturated rings. The molecular weight excluding hydrogens is 153 g/mol. The Morgan fingerprint density at radius 3 is 2.58 bits per heavy atom.